The molecule has 3 aliphatic carbocycles. The number of hydrogen-bond acceptors (Lipinski definition) is 2. The van der Waals surface area contributed by atoms with E-state index in [9.17, 15) is 4.79 Å². The molecule has 18 heavy (non-hydrogen) atoms. The molecule has 0 N–H and O–H groups in total. The lowest BCUT2D eigenvalue weighted by Crippen LogP contribution is -2.41. The fourth-order valence-electron chi connectivity index (χ4n) is 5.21. The van der Waals surface area contributed by atoms with Gasteiger partial charge in [0.15, 0.2) is 0 Å². The molecule has 0 bridgehead atoms. The third kappa shape index (κ3) is 1.81. The van der Waals surface area contributed by atoms with Crippen molar-refractivity contribution in [3.8, 4) is 0 Å². The highest BCUT2D eigenvalue weighted by molar-refractivity contribution is 5.81. The molecule has 2 nitrogen and oxygen atoms in total. The van der Waals surface area contributed by atoms with Crippen molar-refractivity contribution < 1.29 is 9.53 Å². The number of hydrogen-bond donors (Lipinski definition) is 0. The van der Waals surface area contributed by atoms with Gasteiger partial charge in [-0.2, -0.15) is 0 Å². The summed E-state index contributed by atoms with van der Waals surface area (Å²) in [6, 6.07) is 0. The van der Waals surface area contributed by atoms with Gasteiger partial charge in [0.05, 0.1) is 0 Å². The molecule has 0 amide bonds. The molecule has 3 fully saturated rings. The van der Waals surface area contributed by atoms with Gasteiger partial charge in [0, 0.05) is 12.0 Å². The Kier molecular flexibility index (Phi) is 2.99. The Morgan fingerprint density at radius 1 is 1.22 bits per heavy atom. The molecule has 0 aromatic carbocycles. The fraction of sp³-hybridized carbons (Fsp3) is 0.812. The first-order valence-electron chi connectivity index (χ1n) is 7.49. The Labute approximate surface area is 110 Å². The van der Waals surface area contributed by atoms with Crippen LogP contribution in [0.5, 0.6) is 0 Å². The summed E-state index contributed by atoms with van der Waals surface area (Å²) in [7, 11) is 0. The minimum Gasteiger partial charge on any atom is -0.456 e. The van der Waals surface area contributed by atoms with Crippen molar-refractivity contribution in [1.29, 1.82) is 0 Å². The summed E-state index contributed by atoms with van der Waals surface area (Å²) in [5, 5.41) is 0. The van der Waals surface area contributed by atoms with Gasteiger partial charge in [0.2, 0.25) is 0 Å². The quantitative estimate of drug-likeness (QED) is 0.550. The van der Waals surface area contributed by atoms with Crippen LogP contribution in [0.25, 0.3) is 0 Å². The molecule has 5 atom stereocenters. The smallest absolute Gasteiger partial charge is 0.330 e. The first kappa shape index (κ1) is 12.3. The summed E-state index contributed by atoms with van der Waals surface area (Å²) in [6.45, 7) is 5.70. The van der Waals surface area contributed by atoms with E-state index < -0.39 is 0 Å². The Balaban J connectivity index is 1.84. The van der Waals surface area contributed by atoms with Crippen molar-refractivity contribution in [2.24, 2.45) is 23.7 Å². The molecular weight excluding hydrogens is 224 g/mol. The van der Waals surface area contributed by atoms with Gasteiger partial charge in [-0.05, 0) is 37.5 Å². The van der Waals surface area contributed by atoms with E-state index in [4.69, 9.17) is 4.74 Å². The summed E-state index contributed by atoms with van der Waals surface area (Å²) in [5.74, 6) is 2.90. The van der Waals surface area contributed by atoms with Gasteiger partial charge < -0.3 is 4.74 Å². The van der Waals surface area contributed by atoms with Crippen molar-refractivity contribution in [1.82, 2.24) is 0 Å². The Bertz CT molecular complexity index is 360. The maximum atomic E-state index is 11.6. The molecule has 0 aromatic rings. The second-order valence-corrected chi connectivity index (χ2v) is 6.71. The molecule has 0 spiro atoms. The molecule has 0 aromatic heterocycles. The zero-order chi connectivity index (χ0) is 12.8. The van der Waals surface area contributed by atoms with E-state index in [-0.39, 0.29) is 11.6 Å². The molecular formula is C16H24O2. The molecule has 100 valence electrons. The van der Waals surface area contributed by atoms with Gasteiger partial charge in [0.25, 0.3) is 0 Å². The highest BCUT2D eigenvalue weighted by atomic mass is 16.6. The van der Waals surface area contributed by atoms with Gasteiger partial charge in [0.1, 0.15) is 5.60 Å². The van der Waals surface area contributed by atoms with Gasteiger partial charge in [-0.15, -0.1) is 0 Å². The van der Waals surface area contributed by atoms with Crippen LogP contribution < -0.4 is 0 Å². The average Bonchev–Trinajstić information content (AvgIpc) is 2.65. The molecule has 0 aliphatic heterocycles. The minimum atomic E-state index is -0.238. The van der Waals surface area contributed by atoms with Crippen molar-refractivity contribution in [3.05, 3.63) is 12.7 Å². The van der Waals surface area contributed by atoms with Crippen LogP contribution in [-0.4, -0.2) is 11.6 Å². The van der Waals surface area contributed by atoms with E-state index in [0.717, 1.165) is 24.2 Å². The van der Waals surface area contributed by atoms with Gasteiger partial charge in [-0.3, -0.25) is 0 Å². The highest BCUT2D eigenvalue weighted by Gasteiger charge is 2.56. The summed E-state index contributed by atoms with van der Waals surface area (Å²) in [4.78, 5) is 11.6. The van der Waals surface area contributed by atoms with Gasteiger partial charge in [-0.25, -0.2) is 4.79 Å². The van der Waals surface area contributed by atoms with Crippen molar-refractivity contribution in [2.75, 3.05) is 0 Å². The standard InChI is InChI=1S/C16H24O2/c1-3-14(17)18-16(2)10-12-8-4-6-11-7-5-9-13(16)15(11)12/h3,11-13,15H,1,4-10H2,2H3. The monoisotopic (exact) mass is 248 g/mol. The molecule has 3 aliphatic rings. The maximum Gasteiger partial charge on any atom is 0.330 e. The summed E-state index contributed by atoms with van der Waals surface area (Å²) in [6.07, 6.45) is 10.5. The summed E-state index contributed by atoms with van der Waals surface area (Å²) in [5.41, 5.74) is -0.219. The third-order valence-electron chi connectivity index (χ3n) is 5.75. The highest BCUT2D eigenvalue weighted by Crippen LogP contribution is 2.59. The van der Waals surface area contributed by atoms with Crippen molar-refractivity contribution >= 4 is 5.97 Å². The van der Waals surface area contributed by atoms with Crippen LogP contribution in [0.2, 0.25) is 0 Å². The lowest BCUT2D eigenvalue weighted by Gasteiger charge is -2.43. The predicted octanol–water partition coefficient (Wildman–Crippen LogP) is 3.71. The Morgan fingerprint density at radius 2 is 1.89 bits per heavy atom. The Hall–Kier alpha value is -0.790. The lowest BCUT2D eigenvalue weighted by molar-refractivity contribution is -0.157. The number of carbonyl (C=O) groups excluding carboxylic acids is 1. The van der Waals surface area contributed by atoms with Crippen molar-refractivity contribution in [3.63, 3.8) is 0 Å². The molecule has 2 heteroatoms. The van der Waals surface area contributed by atoms with Gasteiger partial charge >= 0.3 is 5.97 Å². The first-order chi connectivity index (χ1) is 8.64. The largest absolute Gasteiger partial charge is 0.456 e. The normalized spacial score (nSPS) is 46.3. The number of esters is 1. The van der Waals surface area contributed by atoms with E-state index >= 15 is 0 Å². The molecule has 3 saturated carbocycles. The van der Waals surface area contributed by atoms with Crippen LogP contribution in [0, 0.1) is 23.7 Å². The first-order valence-corrected chi connectivity index (χ1v) is 7.49. The van der Waals surface area contributed by atoms with Crippen LogP contribution in [0.15, 0.2) is 12.7 Å². The minimum absolute atomic E-state index is 0.219. The molecule has 0 heterocycles. The van der Waals surface area contributed by atoms with E-state index in [1.54, 1.807) is 0 Å². The number of rotatable bonds is 2. The van der Waals surface area contributed by atoms with E-state index in [0.29, 0.717) is 5.92 Å². The molecule has 5 unspecified atom stereocenters. The second-order valence-electron chi connectivity index (χ2n) is 6.71. The zero-order valence-corrected chi connectivity index (χ0v) is 11.4. The molecule has 0 radical (unpaired) electrons. The topological polar surface area (TPSA) is 26.3 Å². The zero-order valence-electron chi connectivity index (χ0n) is 11.4. The van der Waals surface area contributed by atoms with Crippen LogP contribution in [0.1, 0.15) is 51.9 Å². The van der Waals surface area contributed by atoms with E-state index in [2.05, 4.69) is 13.5 Å². The predicted molar refractivity (Wildman–Crippen MR) is 71.0 cm³/mol. The third-order valence-corrected chi connectivity index (χ3v) is 5.75. The summed E-state index contributed by atoms with van der Waals surface area (Å²) < 4.78 is 5.77. The van der Waals surface area contributed by atoms with Crippen LogP contribution in [-0.2, 0) is 9.53 Å². The Morgan fingerprint density at radius 3 is 2.61 bits per heavy atom. The lowest BCUT2D eigenvalue weighted by atomic mass is 9.64. The van der Waals surface area contributed by atoms with Gasteiger partial charge in [-0.1, -0.05) is 38.7 Å². The average molecular weight is 248 g/mol. The van der Waals surface area contributed by atoms with Crippen LogP contribution >= 0.6 is 0 Å². The van der Waals surface area contributed by atoms with Crippen LogP contribution in [0.4, 0.5) is 0 Å². The van der Waals surface area contributed by atoms with E-state index in [1.165, 1.54) is 44.6 Å². The van der Waals surface area contributed by atoms with Crippen molar-refractivity contribution in [2.45, 2.75) is 57.5 Å². The van der Waals surface area contributed by atoms with E-state index in [1.807, 2.05) is 0 Å². The fourth-order valence-corrected chi connectivity index (χ4v) is 5.21. The number of carbonyl (C=O) groups is 1. The van der Waals surface area contributed by atoms with Crippen LogP contribution in [0.3, 0.4) is 0 Å². The summed E-state index contributed by atoms with van der Waals surface area (Å²) >= 11 is 0. The second kappa shape index (κ2) is 4.40. The maximum absolute atomic E-state index is 11.6. The number of ether oxygens (including phenoxy) is 1. The molecule has 0 saturated heterocycles. The SMILES string of the molecule is C=CC(=O)OC1(C)CC2CCCC3CCCC1C32. The molecule has 3 rings (SSSR count).